The van der Waals surface area contributed by atoms with Crippen molar-refractivity contribution in [2.75, 3.05) is 0 Å². The van der Waals surface area contributed by atoms with Gasteiger partial charge in [-0.05, 0) is 0 Å². The largest absolute Gasteiger partial charge is 0.112 e. The van der Waals surface area contributed by atoms with Gasteiger partial charge in [-0.2, -0.15) is 0 Å². The van der Waals surface area contributed by atoms with Crippen molar-refractivity contribution < 1.29 is 0 Å². The molecule has 0 unspecified atom stereocenters. The zero-order valence-corrected chi connectivity index (χ0v) is 12.8. The van der Waals surface area contributed by atoms with Gasteiger partial charge in [-0.3, -0.25) is 0 Å². The van der Waals surface area contributed by atoms with Crippen LogP contribution < -0.4 is 10.4 Å². The first kappa shape index (κ1) is 12.3. The fourth-order valence-electron chi connectivity index (χ4n) is 2.24. The van der Waals surface area contributed by atoms with Gasteiger partial charge in [0.2, 0.25) is 0 Å². The summed E-state index contributed by atoms with van der Waals surface area (Å²) in [6.07, 6.45) is 0. The van der Waals surface area contributed by atoms with Gasteiger partial charge in [0.05, 0.1) is 0 Å². The molecule has 0 saturated carbocycles. The molecule has 0 N–H and O–H groups in total. The Morgan fingerprint density at radius 1 is 0.647 bits per heavy atom. The van der Waals surface area contributed by atoms with E-state index in [9.17, 15) is 0 Å². The van der Waals surface area contributed by atoms with Crippen LogP contribution in [0.5, 0.6) is 0 Å². The van der Waals surface area contributed by atoms with Crippen LogP contribution in [0.3, 0.4) is 0 Å². The highest BCUT2D eigenvalue weighted by Crippen LogP contribution is 2.07. The second-order valence-electron chi connectivity index (χ2n) is 5.36. The van der Waals surface area contributed by atoms with E-state index in [4.69, 9.17) is 0 Å². The van der Waals surface area contributed by atoms with Gasteiger partial charge in [-0.15, -0.1) is 0 Å². The second-order valence-corrected chi connectivity index (χ2v) is 17.8. The van der Waals surface area contributed by atoms with Crippen LogP contribution in [0.1, 0.15) is 0 Å². The van der Waals surface area contributed by atoms with E-state index in [0.717, 1.165) is 0 Å². The Hall–Kier alpha value is -1.13. The van der Waals surface area contributed by atoms with E-state index in [1.165, 1.54) is 0 Å². The lowest BCUT2D eigenvalue weighted by atomic mass is 10.4. The van der Waals surface area contributed by atoms with Gasteiger partial charge in [0.25, 0.3) is 0 Å². The molecule has 0 bridgehead atoms. The number of hydrogen-bond acceptors (Lipinski definition) is 0. The molecule has 0 atom stereocenters. The summed E-state index contributed by atoms with van der Waals surface area (Å²) in [4.78, 5) is 0. The number of benzene rings is 2. The second kappa shape index (κ2) is 5.02. The van der Waals surface area contributed by atoms with E-state index >= 15 is 0 Å². The summed E-state index contributed by atoms with van der Waals surface area (Å²) < 4.78 is 0. The van der Waals surface area contributed by atoms with Crippen molar-refractivity contribution in [2.24, 2.45) is 0 Å². The third-order valence-corrected chi connectivity index (χ3v) is 12.4. The Morgan fingerprint density at radius 3 is 1.29 bits per heavy atom. The molecule has 2 aromatic rings. The maximum absolute atomic E-state index is 2.49. The highest BCUT2D eigenvalue weighted by Gasteiger charge is 2.31. The molecule has 0 aliphatic heterocycles. The van der Waals surface area contributed by atoms with Gasteiger partial charge in [0.15, 0.2) is 0 Å². The van der Waals surface area contributed by atoms with Crippen LogP contribution in [-0.4, -0.2) is 15.9 Å². The van der Waals surface area contributed by atoms with Gasteiger partial charge < -0.3 is 0 Å². The van der Waals surface area contributed by atoms with Crippen LogP contribution in [0.2, 0.25) is 19.6 Å². The molecule has 0 aliphatic rings. The maximum atomic E-state index is 2.49. The van der Waals surface area contributed by atoms with Crippen molar-refractivity contribution in [1.82, 2.24) is 0 Å². The van der Waals surface area contributed by atoms with Crippen molar-refractivity contribution >= 4 is 26.3 Å². The number of rotatable bonds is 3. The molecule has 2 heteroatoms. The zero-order valence-electron chi connectivity index (χ0n) is 10.8. The van der Waals surface area contributed by atoms with Crippen molar-refractivity contribution in [2.45, 2.75) is 19.6 Å². The fourth-order valence-corrected chi connectivity index (χ4v) is 11.6. The van der Waals surface area contributed by atoms with E-state index in [0.29, 0.717) is 0 Å². The Balaban J connectivity index is 2.48. The molecular formula is C15H19Si2. The van der Waals surface area contributed by atoms with Crippen molar-refractivity contribution in [3.63, 3.8) is 0 Å². The molecule has 17 heavy (non-hydrogen) atoms. The standard InChI is InChI=1S/C15H19Si2/c1-17(2,3)16(14-10-6-4-7-11-14)15-12-8-5-9-13-15/h4-13H,1-3H3. The Bertz CT molecular complexity index is 418. The summed E-state index contributed by atoms with van der Waals surface area (Å²) in [5.74, 6) is 0. The molecule has 1 radical (unpaired) electrons. The number of hydrogen-bond donors (Lipinski definition) is 0. The molecule has 0 heterocycles. The summed E-state index contributed by atoms with van der Waals surface area (Å²) in [6.45, 7) is 7.46. The lowest BCUT2D eigenvalue weighted by Gasteiger charge is -2.28. The van der Waals surface area contributed by atoms with Crippen molar-refractivity contribution in [3.8, 4) is 0 Å². The molecule has 0 fully saturated rings. The highest BCUT2D eigenvalue weighted by atomic mass is 29.2. The first-order valence-corrected chi connectivity index (χ1v) is 12.1. The van der Waals surface area contributed by atoms with Gasteiger partial charge in [-0.25, -0.2) is 0 Å². The van der Waals surface area contributed by atoms with Crippen molar-refractivity contribution in [3.05, 3.63) is 60.7 Å². The quantitative estimate of drug-likeness (QED) is 0.740. The molecule has 2 rings (SSSR count). The van der Waals surface area contributed by atoms with E-state index in [1.807, 2.05) is 0 Å². The lowest BCUT2D eigenvalue weighted by molar-refractivity contribution is 1.72. The average molecular weight is 255 g/mol. The molecule has 0 spiro atoms. The molecule has 2 aromatic carbocycles. The molecule has 0 amide bonds. The normalized spacial score (nSPS) is 11.8. The van der Waals surface area contributed by atoms with Gasteiger partial charge in [0, 0.05) is 7.59 Å². The van der Waals surface area contributed by atoms with Crippen LogP contribution in [0, 0.1) is 0 Å². The van der Waals surface area contributed by atoms with Crippen LogP contribution in [0.25, 0.3) is 0 Å². The topological polar surface area (TPSA) is 0 Å². The smallest absolute Gasteiger partial charge is 0.0710 e. The summed E-state index contributed by atoms with van der Waals surface area (Å²) in [6, 6.07) is 22.1. The SMILES string of the molecule is C[Si](C)(C)[Si](c1ccccc1)c1ccccc1. The highest BCUT2D eigenvalue weighted by molar-refractivity contribution is 7.41. The minimum Gasteiger partial charge on any atom is -0.0710 e. The summed E-state index contributed by atoms with van der Waals surface area (Å²) in [5.41, 5.74) is 0. The molecular weight excluding hydrogens is 236 g/mol. The Kier molecular flexibility index (Phi) is 3.64. The van der Waals surface area contributed by atoms with Crippen LogP contribution in [0.4, 0.5) is 0 Å². The third kappa shape index (κ3) is 2.96. The average Bonchev–Trinajstić information content (AvgIpc) is 2.30. The molecule has 87 valence electrons. The minimum absolute atomic E-state index is 0.576. The Labute approximate surface area is 107 Å². The fraction of sp³-hybridized carbons (Fsp3) is 0.200. The van der Waals surface area contributed by atoms with Crippen LogP contribution >= 0.6 is 0 Å². The Morgan fingerprint density at radius 2 is 1.00 bits per heavy atom. The van der Waals surface area contributed by atoms with Gasteiger partial charge >= 0.3 is 0 Å². The van der Waals surface area contributed by atoms with Gasteiger partial charge in [-0.1, -0.05) is 90.7 Å². The lowest BCUT2D eigenvalue weighted by Crippen LogP contribution is -2.59. The summed E-state index contributed by atoms with van der Waals surface area (Å²) in [5, 5.41) is 3.12. The molecule has 0 saturated heterocycles. The van der Waals surface area contributed by atoms with Crippen LogP contribution in [0.15, 0.2) is 60.7 Å². The third-order valence-electron chi connectivity index (χ3n) is 2.87. The van der Waals surface area contributed by atoms with E-state index in [2.05, 4.69) is 80.3 Å². The molecule has 0 aromatic heterocycles. The summed E-state index contributed by atoms with van der Waals surface area (Å²) >= 11 is 0. The maximum Gasteiger partial charge on any atom is 0.112 e. The monoisotopic (exact) mass is 255 g/mol. The first-order chi connectivity index (χ1) is 8.09. The van der Waals surface area contributed by atoms with Crippen LogP contribution in [-0.2, 0) is 0 Å². The molecule has 0 nitrogen and oxygen atoms in total. The first-order valence-electron chi connectivity index (χ1n) is 6.07. The predicted octanol–water partition coefficient (Wildman–Crippen LogP) is 2.71. The van der Waals surface area contributed by atoms with E-state index in [1.54, 1.807) is 10.4 Å². The van der Waals surface area contributed by atoms with Crippen molar-refractivity contribution in [1.29, 1.82) is 0 Å². The predicted molar refractivity (Wildman–Crippen MR) is 81.3 cm³/mol. The summed E-state index contributed by atoms with van der Waals surface area (Å²) in [7, 11) is -1.74. The van der Waals surface area contributed by atoms with Gasteiger partial charge in [0.1, 0.15) is 8.31 Å². The van der Waals surface area contributed by atoms with E-state index < -0.39 is 15.9 Å². The molecule has 0 aliphatic carbocycles. The van der Waals surface area contributed by atoms with E-state index in [-0.39, 0.29) is 0 Å². The minimum atomic E-state index is -1.17. The zero-order chi connectivity index (χ0) is 12.3.